The molecule has 1 N–H and O–H groups in total. The molecule has 0 atom stereocenters. The summed E-state index contributed by atoms with van der Waals surface area (Å²) < 4.78 is 7.67. The maximum Gasteiger partial charge on any atom is 0.290 e. The number of amides is 1. The molecule has 0 saturated carbocycles. The molecule has 1 aliphatic rings. The van der Waals surface area contributed by atoms with Crippen molar-refractivity contribution in [1.82, 2.24) is 19.8 Å². The number of nitrogens with one attached hydrogen (secondary N) is 1. The van der Waals surface area contributed by atoms with Gasteiger partial charge in [-0.15, -0.1) is 0 Å². The number of hydrogen-bond acceptors (Lipinski definition) is 6. The van der Waals surface area contributed by atoms with Crippen LogP contribution in [0.5, 0.6) is 11.6 Å². The van der Waals surface area contributed by atoms with Gasteiger partial charge in [0.05, 0.1) is 4.92 Å². The Morgan fingerprint density at radius 3 is 2.66 bits per heavy atom. The molecule has 1 amide bonds. The van der Waals surface area contributed by atoms with Crippen molar-refractivity contribution >= 4 is 22.5 Å². The summed E-state index contributed by atoms with van der Waals surface area (Å²) in [5, 5.41) is 15.1. The summed E-state index contributed by atoms with van der Waals surface area (Å²) in [7, 11) is 1.87. The van der Waals surface area contributed by atoms with Crippen LogP contribution in [0.25, 0.3) is 10.9 Å². The van der Waals surface area contributed by atoms with Crippen molar-refractivity contribution in [2.24, 2.45) is 7.05 Å². The van der Waals surface area contributed by atoms with Crippen molar-refractivity contribution in [3.05, 3.63) is 57.9 Å². The molecule has 4 rings (SSSR count). The molecule has 3 heterocycles. The van der Waals surface area contributed by atoms with Gasteiger partial charge in [0.25, 0.3) is 11.6 Å². The molecule has 0 radical (unpaired) electrons. The zero-order valence-corrected chi connectivity index (χ0v) is 16.2. The summed E-state index contributed by atoms with van der Waals surface area (Å²) in [4.78, 5) is 29.3. The van der Waals surface area contributed by atoms with Crippen molar-refractivity contribution < 1.29 is 14.5 Å². The molecule has 150 valence electrons. The number of rotatable bonds is 4. The molecular weight excluding hydrogens is 374 g/mol. The van der Waals surface area contributed by atoms with Crippen LogP contribution >= 0.6 is 0 Å². The number of carbonyl (C=O) groups is 1. The number of aryl methyl sites for hydroxylation is 2. The number of carbonyl (C=O) groups excluding carboxylic acids is 1. The zero-order valence-electron chi connectivity index (χ0n) is 16.2. The lowest BCUT2D eigenvalue weighted by atomic mass is 10.2. The van der Waals surface area contributed by atoms with Crippen LogP contribution < -0.4 is 10.1 Å². The number of ether oxygens (including phenoxy) is 1. The minimum absolute atomic E-state index is 0.0142. The molecule has 1 saturated heterocycles. The van der Waals surface area contributed by atoms with Crippen LogP contribution in [0.4, 0.5) is 5.69 Å². The number of piperazine rings is 1. The van der Waals surface area contributed by atoms with Gasteiger partial charge in [0.1, 0.15) is 17.1 Å². The van der Waals surface area contributed by atoms with Gasteiger partial charge in [0.15, 0.2) is 0 Å². The predicted octanol–water partition coefficient (Wildman–Crippen LogP) is 2.63. The summed E-state index contributed by atoms with van der Waals surface area (Å²) in [5.41, 5.74) is 1.79. The molecule has 0 bridgehead atoms. The molecule has 29 heavy (non-hydrogen) atoms. The van der Waals surface area contributed by atoms with Crippen LogP contribution in [0.15, 0.2) is 36.4 Å². The summed E-state index contributed by atoms with van der Waals surface area (Å²) in [6.45, 7) is 4.56. The lowest BCUT2D eigenvalue weighted by Gasteiger charge is -2.27. The van der Waals surface area contributed by atoms with Gasteiger partial charge >= 0.3 is 0 Å². The van der Waals surface area contributed by atoms with Crippen molar-refractivity contribution in [2.45, 2.75) is 6.92 Å². The highest BCUT2D eigenvalue weighted by Gasteiger charge is 2.22. The summed E-state index contributed by atoms with van der Waals surface area (Å²) >= 11 is 0. The van der Waals surface area contributed by atoms with E-state index >= 15 is 0 Å². The summed E-state index contributed by atoms with van der Waals surface area (Å²) in [5.74, 6) is 0.839. The molecule has 1 aliphatic heterocycles. The van der Waals surface area contributed by atoms with E-state index in [2.05, 4.69) is 10.3 Å². The van der Waals surface area contributed by atoms with Gasteiger partial charge in [-0.25, -0.2) is 4.98 Å². The first-order valence-electron chi connectivity index (χ1n) is 9.33. The maximum absolute atomic E-state index is 12.9. The Bertz CT molecular complexity index is 1100. The van der Waals surface area contributed by atoms with E-state index in [-0.39, 0.29) is 23.2 Å². The van der Waals surface area contributed by atoms with Crippen molar-refractivity contribution in [2.75, 3.05) is 26.2 Å². The fraction of sp³-hybridized carbons (Fsp3) is 0.300. The van der Waals surface area contributed by atoms with Crippen LogP contribution in [0, 0.1) is 17.0 Å². The van der Waals surface area contributed by atoms with Gasteiger partial charge in [0.2, 0.25) is 5.88 Å². The quantitative estimate of drug-likeness (QED) is 0.538. The highest BCUT2D eigenvalue weighted by atomic mass is 16.6. The van der Waals surface area contributed by atoms with Gasteiger partial charge in [-0.3, -0.25) is 14.9 Å². The van der Waals surface area contributed by atoms with Crippen LogP contribution in [0.1, 0.15) is 16.2 Å². The fourth-order valence-electron chi connectivity index (χ4n) is 3.53. The van der Waals surface area contributed by atoms with Gasteiger partial charge in [0, 0.05) is 56.3 Å². The Hall–Kier alpha value is -3.46. The highest BCUT2D eigenvalue weighted by molar-refractivity contribution is 5.99. The van der Waals surface area contributed by atoms with Crippen LogP contribution in [0.3, 0.4) is 0 Å². The molecular formula is C20H21N5O4. The van der Waals surface area contributed by atoms with Gasteiger partial charge in [-0.2, -0.15) is 0 Å². The molecule has 1 aromatic carbocycles. The first kappa shape index (κ1) is 18.9. The number of aromatic nitrogens is 2. The van der Waals surface area contributed by atoms with Crippen LogP contribution in [-0.4, -0.2) is 51.5 Å². The van der Waals surface area contributed by atoms with Crippen LogP contribution in [-0.2, 0) is 7.05 Å². The minimum atomic E-state index is -0.473. The molecule has 9 nitrogen and oxygen atoms in total. The van der Waals surface area contributed by atoms with Crippen LogP contribution in [0.2, 0.25) is 0 Å². The number of nitro groups is 1. The van der Waals surface area contributed by atoms with E-state index in [0.717, 1.165) is 24.0 Å². The maximum atomic E-state index is 12.9. The lowest BCUT2D eigenvalue weighted by Crippen LogP contribution is -2.46. The average Bonchev–Trinajstić information content (AvgIpc) is 3.04. The molecule has 9 heteroatoms. The first-order chi connectivity index (χ1) is 13.9. The third-order valence-corrected chi connectivity index (χ3v) is 5.09. The predicted molar refractivity (Wildman–Crippen MR) is 107 cm³/mol. The lowest BCUT2D eigenvalue weighted by molar-refractivity contribution is -0.385. The Morgan fingerprint density at radius 1 is 1.21 bits per heavy atom. The Balaban J connectivity index is 1.60. The minimum Gasteiger partial charge on any atom is -0.439 e. The second-order valence-electron chi connectivity index (χ2n) is 6.96. The second kappa shape index (κ2) is 7.51. The largest absolute Gasteiger partial charge is 0.439 e. The number of fused-ring (bicyclic) bond motifs is 1. The van der Waals surface area contributed by atoms with E-state index in [4.69, 9.17) is 4.74 Å². The molecule has 0 spiro atoms. The molecule has 3 aromatic rings. The number of hydrogen-bond donors (Lipinski definition) is 1. The van der Waals surface area contributed by atoms with Crippen molar-refractivity contribution in [1.29, 1.82) is 0 Å². The zero-order chi connectivity index (χ0) is 20.5. The summed E-state index contributed by atoms with van der Waals surface area (Å²) in [6.07, 6.45) is 0. The Kier molecular flexibility index (Phi) is 4.89. The Labute approximate surface area is 167 Å². The number of nitrogens with zero attached hydrogens (tertiary/aromatic N) is 4. The van der Waals surface area contributed by atoms with E-state index in [1.165, 1.54) is 12.1 Å². The molecule has 0 unspecified atom stereocenters. The fourth-order valence-corrected chi connectivity index (χ4v) is 3.53. The third-order valence-electron chi connectivity index (χ3n) is 5.09. The third kappa shape index (κ3) is 3.64. The normalized spacial score (nSPS) is 14.2. The van der Waals surface area contributed by atoms with Crippen molar-refractivity contribution in [3.63, 3.8) is 0 Å². The molecule has 0 aliphatic carbocycles. The standard InChI is InChI=1S/C20H21N5O4/c1-13-16(25(27)28)5-6-19(22-13)29-15-3-4-17-14(11-15)12-18(23(17)2)20(26)24-9-7-21-8-10-24/h3-6,11-12,21H,7-10H2,1-2H3. The molecule has 2 aromatic heterocycles. The Morgan fingerprint density at radius 2 is 1.97 bits per heavy atom. The van der Waals surface area contributed by atoms with Gasteiger partial charge < -0.3 is 19.5 Å². The number of benzene rings is 1. The molecule has 1 fully saturated rings. The average molecular weight is 395 g/mol. The topological polar surface area (TPSA) is 103 Å². The van der Waals surface area contributed by atoms with Crippen molar-refractivity contribution in [3.8, 4) is 11.6 Å². The smallest absolute Gasteiger partial charge is 0.290 e. The number of pyridine rings is 1. The summed E-state index contributed by atoms with van der Waals surface area (Å²) in [6, 6.07) is 10.2. The van der Waals surface area contributed by atoms with Gasteiger partial charge in [-0.1, -0.05) is 0 Å². The first-order valence-corrected chi connectivity index (χ1v) is 9.33. The van der Waals surface area contributed by atoms with E-state index in [1.54, 1.807) is 13.0 Å². The second-order valence-corrected chi connectivity index (χ2v) is 6.96. The highest BCUT2D eigenvalue weighted by Crippen LogP contribution is 2.28. The van der Waals surface area contributed by atoms with E-state index in [9.17, 15) is 14.9 Å². The van der Waals surface area contributed by atoms with Gasteiger partial charge in [-0.05, 0) is 31.2 Å². The van der Waals surface area contributed by atoms with E-state index in [0.29, 0.717) is 24.5 Å². The monoisotopic (exact) mass is 395 g/mol. The van der Waals surface area contributed by atoms with E-state index < -0.39 is 4.92 Å². The van der Waals surface area contributed by atoms with E-state index in [1.807, 2.05) is 34.7 Å². The SMILES string of the molecule is Cc1nc(Oc2ccc3c(c2)cc(C(=O)N2CCNCC2)n3C)ccc1[N+](=O)[O-].